The van der Waals surface area contributed by atoms with Crippen LogP contribution < -0.4 is 11.1 Å². The summed E-state index contributed by atoms with van der Waals surface area (Å²) in [6.45, 7) is 0.309. The van der Waals surface area contributed by atoms with E-state index in [1.54, 1.807) is 25.2 Å². The van der Waals surface area contributed by atoms with E-state index in [-0.39, 0.29) is 18.2 Å². The molecule has 1 saturated heterocycles. The van der Waals surface area contributed by atoms with Crippen molar-refractivity contribution in [3.05, 3.63) is 70.8 Å². The summed E-state index contributed by atoms with van der Waals surface area (Å²) in [6.07, 6.45) is 0.0858. The number of likely N-dealkylation sites (N-methyl/N-ethyl adjacent to an activating group) is 1. The highest BCUT2D eigenvalue weighted by molar-refractivity contribution is 5.95. The summed E-state index contributed by atoms with van der Waals surface area (Å²) >= 11 is 0. The second kappa shape index (κ2) is 7.21. The number of hydrogen-bond acceptors (Lipinski definition) is 3. The van der Waals surface area contributed by atoms with E-state index in [2.05, 4.69) is 5.32 Å². The zero-order valence-corrected chi connectivity index (χ0v) is 14.2. The first-order valence-electron chi connectivity index (χ1n) is 8.21. The summed E-state index contributed by atoms with van der Waals surface area (Å²) < 4.78 is 26.8. The summed E-state index contributed by atoms with van der Waals surface area (Å²) in [6, 6.07) is 9.26. The van der Waals surface area contributed by atoms with Crippen LogP contribution in [0.3, 0.4) is 0 Å². The fourth-order valence-electron chi connectivity index (χ4n) is 3.24. The van der Waals surface area contributed by atoms with Crippen molar-refractivity contribution in [3.63, 3.8) is 0 Å². The number of nitrogens with one attached hydrogen (secondary N) is 1. The van der Waals surface area contributed by atoms with Crippen molar-refractivity contribution in [2.24, 2.45) is 5.73 Å². The highest BCUT2D eigenvalue weighted by Crippen LogP contribution is 2.32. The Kier molecular flexibility index (Phi) is 4.99. The molecule has 2 amide bonds. The molecule has 3 rings (SSSR count). The molecule has 0 spiro atoms. The van der Waals surface area contributed by atoms with Crippen molar-refractivity contribution < 1.29 is 18.4 Å². The maximum Gasteiger partial charge on any atom is 0.251 e. The van der Waals surface area contributed by atoms with Gasteiger partial charge in [0.05, 0.1) is 12.1 Å². The lowest BCUT2D eigenvalue weighted by Gasteiger charge is -2.26. The molecular weight excluding hydrogens is 340 g/mol. The average Bonchev–Trinajstić information content (AvgIpc) is 2.91. The number of rotatable bonds is 4. The molecule has 1 aliphatic rings. The number of amides is 2. The predicted molar refractivity (Wildman–Crippen MR) is 92.1 cm³/mol. The second-order valence-electron chi connectivity index (χ2n) is 6.31. The first kappa shape index (κ1) is 18.0. The number of nitrogens with two attached hydrogens (primary N) is 1. The first-order chi connectivity index (χ1) is 12.4. The number of likely N-dealkylation sites (tertiary alicyclic amines) is 1. The summed E-state index contributed by atoms with van der Waals surface area (Å²) in [5.41, 5.74) is 7.27. The van der Waals surface area contributed by atoms with Gasteiger partial charge in [-0.25, -0.2) is 8.78 Å². The first-order valence-corrected chi connectivity index (χ1v) is 8.21. The monoisotopic (exact) mass is 359 g/mol. The largest absolute Gasteiger partial charge is 0.346 e. The molecule has 0 bridgehead atoms. The molecule has 0 unspecified atom stereocenters. The Morgan fingerprint density at radius 3 is 2.69 bits per heavy atom. The maximum absolute atomic E-state index is 13.6. The van der Waals surface area contributed by atoms with E-state index in [0.717, 1.165) is 17.7 Å². The molecule has 0 saturated carbocycles. The lowest BCUT2D eigenvalue weighted by atomic mass is 9.99. The Hall–Kier alpha value is -2.80. The Morgan fingerprint density at radius 1 is 1.23 bits per heavy atom. The molecule has 2 atom stereocenters. The van der Waals surface area contributed by atoms with Gasteiger partial charge in [-0.05, 0) is 35.4 Å². The van der Waals surface area contributed by atoms with E-state index in [1.807, 2.05) is 6.07 Å². The SMILES string of the molecule is CN1C(=O)C[C@H](NC(=O)c2cccc(CN)c2)[C@H]1c1ccc(F)c(F)c1. The van der Waals surface area contributed by atoms with E-state index < -0.39 is 23.7 Å². The molecule has 2 aromatic carbocycles. The highest BCUT2D eigenvalue weighted by Gasteiger charge is 2.39. The van der Waals surface area contributed by atoms with Gasteiger partial charge in [-0.2, -0.15) is 0 Å². The van der Waals surface area contributed by atoms with E-state index in [4.69, 9.17) is 5.73 Å². The Bertz CT molecular complexity index is 856. The molecule has 136 valence electrons. The van der Waals surface area contributed by atoms with Gasteiger partial charge in [0.15, 0.2) is 11.6 Å². The predicted octanol–water partition coefficient (Wildman–Crippen LogP) is 2.13. The van der Waals surface area contributed by atoms with Gasteiger partial charge in [0.25, 0.3) is 5.91 Å². The van der Waals surface area contributed by atoms with Crippen molar-refractivity contribution in [2.75, 3.05) is 7.05 Å². The average molecular weight is 359 g/mol. The standard InChI is InChI=1S/C19H19F2N3O2/c1-24-17(25)9-16(18(24)12-5-6-14(20)15(21)8-12)23-19(26)13-4-2-3-11(7-13)10-22/h2-8,16,18H,9-10,22H2,1H3,(H,23,26)/t16-,18+/m0/s1. The second-order valence-corrected chi connectivity index (χ2v) is 6.31. The quantitative estimate of drug-likeness (QED) is 0.878. The van der Waals surface area contributed by atoms with Gasteiger partial charge in [-0.1, -0.05) is 18.2 Å². The van der Waals surface area contributed by atoms with Crippen LogP contribution in [0.25, 0.3) is 0 Å². The zero-order chi connectivity index (χ0) is 18.8. The van der Waals surface area contributed by atoms with Crippen LogP contribution in [-0.2, 0) is 11.3 Å². The zero-order valence-electron chi connectivity index (χ0n) is 14.2. The van der Waals surface area contributed by atoms with Crippen LogP contribution in [0.4, 0.5) is 8.78 Å². The van der Waals surface area contributed by atoms with E-state index in [1.165, 1.54) is 11.0 Å². The summed E-state index contributed by atoms with van der Waals surface area (Å²) in [4.78, 5) is 26.1. The van der Waals surface area contributed by atoms with Crippen LogP contribution in [0.2, 0.25) is 0 Å². The Morgan fingerprint density at radius 2 is 2.00 bits per heavy atom. The molecule has 0 aromatic heterocycles. The van der Waals surface area contributed by atoms with Gasteiger partial charge >= 0.3 is 0 Å². The summed E-state index contributed by atoms with van der Waals surface area (Å²) in [5.74, 6) is -2.47. The van der Waals surface area contributed by atoms with Crippen molar-refractivity contribution in [2.45, 2.75) is 25.0 Å². The number of benzene rings is 2. The Labute approximate surface area is 149 Å². The van der Waals surface area contributed by atoms with Gasteiger partial charge in [-0.15, -0.1) is 0 Å². The van der Waals surface area contributed by atoms with Crippen LogP contribution >= 0.6 is 0 Å². The number of halogens is 2. The van der Waals surface area contributed by atoms with Gasteiger partial charge in [-0.3, -0.25) is 9.59 Å². The molecule has 7 heteroatoms. The number of nitrogens with zero attached hydrogens (tertiary/aromatic N) is 1. The molecule has 0 radical (unpaired) electrons. The molecule has 1 fully saturated rings. The van der Waals surface area contributed by atoms with Gasteiger partial charge in [0.1, 0.15) is 0 Å². The normalized spacial score (nSPS) is 19.7. The third kappa shape index (κ3) is 3.43. The third-order valence-electron chi connectivity index (χ3n) is 4.61. The molecule has 26 heavy (non-hydrogen) atoms. The van der Waals surface area contributed by atoms with Crippen molar-refractivity contribution >= 4 is 11.8 Å². The van der Waals surface area contributed by atoms with E-state index in [0.29, 0.717) is 17.7 Å². The topological polar surface area (TPSA) is 75.4 Å². The van der Waals surface area contributed by atoms with Gasteiger partial charge < -0.3 is 16.0 Å². The molecule has 1 heterocycles. The van der Waals surface area contributed by atoms with Crippen LogP contribution in [0.5, 0.6) is 0 Å². The lowest BCUT2D eigenvalue weighted by Crippen LogP contribution is -2.39. The van der Waals surface area contributed by atoms with Crippen LogP contribution in [0, 0.1) is 11.6 Å². The molecule has 3 N–H and O–H groups in total. The molecule has 0 aliphatic carbocycles. The van der Waals surface area contributed by atoms with Gasteiger partial charge in [0.2, 0.25) is 5.91 Å². The fraction of sp³-hybridized carbons (Fsp3) is 0.263. The minimum absolute atomic E-state index is 0.0858. The van der Waals surface area contributed by atoms with Crippen molar-refractivity contribution in [1.29, 1.82) is 0 Å². The molecular formula is C19H19F2N3O2. The van der Waals surface area contributed by atoms with Crippen molar-refractivity contribution in [1.82, 2.24) is 10.2 Å². The summed E-state index contributed by atoms with van der Waals surface area (Å²) in [7, 11) is 1.58. The molecule has 2 aromatic rings. The highest BCUT2D eigenvalue weighted by atomic mass is 19.2. The van der Waals surface area contributed by atoms with Gasteiger partial charge in [0, 0.05) is 25.6 Å². The Balaban J connectivity index is 1.85. The van der Waals surface area contributed by atoms with Crippen LogP contribution in [-0.4, -0.2) is 29.8 Å². The number of carbonyl (C=O) groups is 2. The lowest BCUT2D eigenvalue weighted by molar-refractivity contribution is -0.127. The number of hydrogen-bond donors (Lipinski definition) is 2. The maximum atomic E-state index is 13.6. The fourth-order valence-corrected chi connectivity index (χ4v) is 3.24. The minimum atomic E-state index is -0.990. The number of carbonyl (C=O) groups excluding carboxylic acids is 2. The summed E-state index contributed by atoms with van der Waals surface area (Å²) in [5, 5.41) is 2.83. The smallest absolute Gasteiger partial charge is 0.251 e. The minimum Gasteiger partial charge on any atom is -0.346 e. The van der Waals surface area contributed by atoms with Crippen LogP contribution in [0.15, 0.2) is 42.5 Å². The van der Waals surface area contributed by atoms with E-state index >= 15 is 0 Å². The van der Waals surface area contributed by atoms with Crippen LogP contribution in [0.1, 0.15) is 33.9 Å². The van der Waals surface area contributed by atoms with E-state index in [9.17, 15) is 18.4 Å². The third-order valence-corrected chi connectivity index (χ3v) is 4.61. The van der Waals surface area contributed by atoms with Crippen molar-refractivity contribution in [3.8, 4) is 0 Å². The molecule has 1 aliphatic heterocycles. The molecule has 5 nitrogen and oxygen atoms in total.